The number of esters is 1. The monoisotopic (exact) mass is 500 g/mol. The highest BCUT2D eigenvalue weighted by atomic mass is 16.5. The van der Waals surface area contributed by atoms with E-state index in [4.69, 9.17) is 9.47 Å². The molecule has 3 nitrogen and oxygen atoms in total. The molecule has 0 bridgehead atoms. The Morgan fingerprint density at radius 3 is 2.03 bits per heavy atom. The van der Waals surface area contributed by atoms with Gasteiger partial charge in [0.2, 0.25) is 0 Å². The first kappa shape index (κ1) is 28.5. The molecule has 3 heteroatoms. The van der Waals surface area contributed by atoms with Crippen LogP contribution in [0.15, 0.2) is 78.9 Å². The van der Waals surface area contributed by atoms with E-state index < -0.39 is 0 Å². The molecule has 1 atom stereocenters. The minimum Gasteiger partial charge on any atom is -0.494 e. The normalized spacial score (nSPS) is 11.7. The zero-order valence-corrected chi connectivity index (χ0v) is 22.8. The molecule has 0 aliphatic heterocycles. The summed E-state index contributed by atoms with van der Waals surface area (Å²) in [6.07, 6.45) is 12.4. The van der Waals surface area contributed by atoms with Crippen molar-refractivity contribution in [2.45, 2.75) is 90.6 Å². The molecule has 3 aromatic rings. The molecule has 37 heavy (non-hydrogen) atoms. The van der Waals surface area contributed by atoms with E-state index in [-0.39, 0.29) is 12.1 Å². The van der Waals surface area contributed by atoms with Crippen molar-refractivity contribution < 1.29 is 14.3 Å². The van der Waals surface area contributed by atoms with E-state index in [0.29, 0.717) is 18.6 Å². The number of ether oxygens (including phenoxy) is 2. The van der Waals surface area contributed by atoms with Crippen molar-refractivity contribution in [2.24, 2.45) is 0 Å². The second-order valence-electron chi connectivity index (χ2n) is 9.88. The number of carbonyl (C=O) groups excluding carboxylic acids is 1. The Morgan fingerprint density at radius 2 is 1.30 bits per heavy atom. The van der Waals surface area contributed by atoms with Gasteiger partial charge in [-0.1, -0.05) is 113 Å². The predicted molar refractivity (Wildman–Crippen MR) is 153 cm³/mol. The zero-order chi connectivity index (χ0) is 26.1. The summed E-state index contributed by atoms with van der Waals surface area (Å²) in [5.74, 6) is 0.491. The van der Waals surface area contributed by atoms with Gasteiger partial charge < -0.3 is 9.47 Å². The van der Waals surface area contributed by atoms with Crippen LogP contribution in [0.1, 0.15) is 105 Å². The summed E-state index contributed by atoms with van der Waals surface area (Å²) in [6.45, 7) is 5.17. The molecule has 198 valence electrons. The van der Waals surface area contributed by atoms with Gasteiger partial charge in [0.25, 0.3) is 0 Å². The van der Waals surface area contributed by atoms with Crippen LogP contribution in [-0.4, -0.2) is 12.6 Å². The maximum Gasteiger partial charge on any atom is 0.338 e. The molecule has 0 aliphatic rings. The van der Waals surface area contributed by atoms with E-state index >= 15 is 0 Å². The third kappa shape index (κ3) is 10.1. The van der Waals surface area contributed by atoms with Gasteiger partial charge in [0, 0.05) is 6.42 Å². The number of benzene rings is 3. The van der Waals surface area contributed by atoms with Crippen molar-refractivity contribution in [2.75, 3.05) is 6.61 Å². The molecular weight excluding hydrogens is 456 g/mol. The third-order valence-electron chi connectivity index (χ3n) is 6.85. The lowest BCUT2D eigenvalue weighted by molar-refractivity contribution is 0.0297. The molecule has 3 rings (SSSR count). The predicted octanol–water partition coefficient (Wildman–Crippen LogP) is 9.30. The van der Waals surface area contributed by atoms with E-state index in [2.05, 4.69) is 38.1 Å². The molecule has 3 aromatic carbocycles. The number of hydrogen-bond acceptors (Lipinski definition) is 3. The quantitative estimate of drug-likeness (QED) is 0.137. The summed E-state index contributed by atoms with van der Waals surface area (Å²) in [5, 5.41) is 0. The molecule has 1 unspecified atom stereocenters. The highest BCUT2D eigenvalue weighted by Crippen LogP contribution is 2.27. The third-order valence-corrected chi connectivity index (χ3v) is 6.85. The summed E-state index contributed by atoms with van der Waals surface area (Å²) < 4.78 is 12.0. The maximum absolute atomic E-state index is 13.1. The topological polar surface area (TPSA) is 35.5 Å². The van der Waals surface area contributed by atoms with Crippen LogP contribution in [0.25, 0.3) is 0 Å². The van der Waals surface area contributed by atoms with Gasteiger partial charge in [0.05, 0.1) is 12.2 Å². The number of carbonyl (C=O) groups is 1. The molecule has 0 amide bonds. The van der Waals surface area contributed by atoms with Gasteiger partial charge >= 0.3 is 5.97 Å². The fourth-order valence-electron chi connectivity index (χ4n) is 4.62. The summed E-state index contributed by atoms with van der Waals surface area (Å²) in [5.41, 5.74) is 4.15. The number of hydrogen-bond donors (Lipinski definition) is 0. The molecule has 0 fully saturated rings. The minimum absolute atomic E-state index is 0.306. The molecular formula is C34H44O3. The van der Waals surface area contributed by atoms with Gasteiger partial charge in [-0.05, 0) is 60.2 Å². The molecule has 0 saturated heterocycles. The smallest absolute Gasteiger partial charge is 0.338 e. The Morgan fingerprint density at radius 1 is 0.676 bits per heavy atom. The first-order valence-corrected chi connectivity index (χ1v) is 14.3. The number of unbranched alkanes of at least 4 members (excludes halogenated alkanes) is 7. The average molecular weight is 501 g/mol. The standard InChI is InChI=1S/C34H44O3/c1-3-5-7-8-9-16-26-36-32-24-22-30(23-25-32)34(35)37-33(29-19-12-10-13-20-29)27-31-21-15-14-18-28(31)17-11-6-4-2/h10,12-15,18-25,33H,3-9,11,16-17,26-27H2,1-2H3. The van der Waals surface area contributed by atoms with Crippen LogP contribution in [0.4, 0.5) is 0 Å². The highest BCUT2D eigenvalue weighted by molar-refractivity contribution is 5.89. The summed E-state index contributed by atoms with van der Waals surface area (Å²) in [7, 11) is 0. The lowest BCUT2D eigenvalue weighted by Gasteiger charge is -2.20. The number of aryl methyl sites for hydroxylation is 1. The Bertz CT molecular complexity index is 1030. The van der Waals surface area contributed by atoms with E-state index in [0.717, 1.165) is 24.2 Å². The highest BCUT2D eigenvalue weighted by Gasteiger charge is 2.20. The fourth-order valence-corrected chi connectivity index (χ4v) is 4.62. The molecule has 0 N–H and O–H groups in total. The Hall–Kier alpha value is -3.07. The molecule has 0 aliphatic carbocycles. The van der Waals surface area contributed by atoms with E-state index in [1.165, 1.54) is 62.5 Å². The van der Waals surface area contributed by atoms with Crippen molar-refractivity contribution >= 4 is 5.97 Å². The summed E-state index contributed by atoms with van der Waals surface area (Å²) >= 11 is 0. The molecule has 0 radical (unpaired) electrons. The van der Waals surface area contributed by atoms with Crippen molar-refractivity contribution in [3.63, 3.8) is 0 Å². The van der Waals surface area contributed by atoms with Crippen LogP contribution < -0.4 is 4.74 Å². The zero-order valence-electron chi connectivity index (χ0n) is 22.8. The Labute approximate surface area is 224 Å². The SMILES string of the molecule is CCCCCCCCOc1ccc(C(=O)OC(Cc2ccccc2CCCCC)c2ccccc2)cc1. The van der Waals surface area contributed by atoms with Crippen molar-refractivity contribution in [1.82, 2.24) is 0 Å². The Kier molecular flexibility index (Phi) is 12.8. The van der Waals surface area contributed by atoms with Crippen LogP contribution in [0.3, 0.4) is 0 Å². The van der Waals surface area contributed by atoms with Gasteiger partial charge in [0.15, 0.2) is 0 Å². The summed E-state index contributed by atoms with van der Waals surface area (Å²) in [6, 6.07) is 26.0. The largest absolute Gasteiger partial charge is 0.494 e. The van der Waals surface area contributed by atoms with Crippen molar-refractivity contribution in [3.05, 3.63) is 101 Å². The van der Waals surface area contributed by atoms with Gasteiger partial charge in [-0.3, -0.25) is 0 Å². The lowest BCUT2D eigenvalue weighted by Crippen LogP contribution is -2.15. The summed E-state index contributed by atoms with van der Waals surface area (Å²) in [4.78, 5) is 13.1. The van der Waals surface area contributed by atoms with Gasteiger partial charge in [-0.2, -0.15) is 0 Å². The first-order chi connectivity index (χ1) is 18.2. The van der Waals surface area contributed by atoms with E-state index in [1.807, 2.05) is 42.5 Å². The van der Waals surface area contributed by atoms with Crippen LogP contribution in [0.5, 0.6) is 5.75 Å². The maximum atomic E-state index is 13.1. The minimum atomic E-state index is -0.343. The van der Waals surface area contributed by atoms with E-state index in [1.54, 1.807) is 12.1 Å². The molecule has 0 aromatic heterocycles. The fraction of sp³-hybridized carbons (Fsp3) is 0.441. The molecule has 0 heterocycles. The number of rotatable bonds is 17. The van der Waals surface area contributed by atoms with Crippen molar-refractivity contribution in [3.8, 4) is 5.75 Å². The van der Waals surface area contributed by atoms with Crippen LogP contribution in [-0.2, 0) is 17.6 Å². The van der Waals surface area contributed by atoms with Crippen LogP contribution in [0, 0.1) is 0 Å². The second kappa shape index (κ2) is 16.6. The second-order valence-corrected chi connectivity index (χ2v) is 9.88. The van der Waals surface area contributed by atoms with Gasteiger partial charge in [-0.25, -0.2) is 4.79 Å². The van der Waals surface area contributed by atoms with Gasteiger partial charge in [0.1, 0.15) is 11.9 Å². The van der Waals surface area contributed by atoms with Crippen LogP contribution in [0.2, 0.25) is 0 Å². The van der Waals surface area contributed by atoms with Gasteiger partial charge in [-0.15, -0.1) is 0 Å². The first-order valence-electron chi connectivity index (χ1n) is 14.3. The lowest BCUT2D eigenvalue weighted by atomic mass is 9.94. The van der Waals surface area contributed by atoms with E-state index in [9.17, 15) is 4.79 Å². The average Bonchev–Trinajstić information content (AvgIpc) is 2.94. The Balaban J connectivity index is 1.61. The molecule has 0 spiro atoms. The molecule has 0 saturated carbocycles. The van der Waals surface area contributed by atoms with Crippen molar-refractivity contribution in [1.29, 1.82) is 0 Å². The van der Waals surface area contributed by atoms with Crippen LogP contribution >= 0.6 is 0 Å².